The second-order valence-electron chi connectivity index (χ2n) is 2.47. The van der Waals surface area contributed by atoms with E-state index in [4.69, 9.17) is 15.0 Å². The van der Waals surface area contributed by atoms with Gasteiger partial charge in [0.05, 0.1) is 13.7 Å². The van der Waals surface area contributed by atoms with Crippen LogP contribution in [-0.2, 0) is 4.74 Å². The standard InChI is InChI=1S/C9H10O.C2H4O3/c10-8-4-7-9-5-2-1-3-6-9;1-5-2(3)4/h1-7,10H,8H2;1H3,(H,3,4)/b7-4+;. The van der Waals surface area contributed by atoms with Gasteiger partial charge in [-0.3, -0.25) is 0 Å². The first-order chi connectivity index (χ1) is 7.20. The van der Waals surface area contributed by atoms with Crippen molar-refractivity contribution in [3.05, 3.63) is 42.0 Å². The molecule has 0 spiro atoms. The first kappa shape index (κ1) is 13.2. The molecule has 2 N–H and O–H groups in total. The molecule has 1 aromatic rings. The highest BCUT2D eigenvalue weighted by Crippen LogP contribution is 1.99. The predicted octanol–water partition coefficient (Wildman–Crippen LogP) is 2.00. The number of benzene rings is 1. The van der Waals surface area contributed by atoms with Crippen LogP contribution in [0.5, 0.6) is 0 Å². The Morgan fingerprint density at radius 3 is 2.33 bits per heavy atom. The first-order valence-electron chi connectivity index (χ1n) is 4.30. The Labute approximate surface area is 88.4 Å². The number of methoxy groups -OCH3 is 1. The molecule has 0 unspecified atom stereocenters. The van der Waals surface area contributed by atoms with Gasteiger partial charge in [-0.2, -0.15) is 0 Å². The van der Waals surface area contributed by atoms with Crippen LogP contribution in [0.1, 0.15) is 5.56 Å². The number of aliphatic hydroxyl groups excluding tert-OH is 1. The first-order valence-corrected chi connectivity index (χ1v) is 4.30. The Kier molecular flexibility index (Phi) is 7.71. The maximum atomic E-state index is 9.15. The van der Waals surface area contributed by atoms with Crippen molar-refractivity contribution in [3.8, 4) is 0 Å². The third kappa shape index (κ3) is 8.52. The molecule has 82 valence electrons. The number of hydrogen-bond acceptors (Lipinski definition) is 3. The van der Waals surface area contributed by atoms with E-state index in [-0.39, 0.29) is 6.61 Å². The maximum absolute atomic E-state index is 9.15. The van der Waals surface area contributed by atoms with E-state index in [9.17, 15) is 0 Å². The fourth-order valence-electron chi connectivity index (χ4n) is 0.753. The van der Waals surface area contributed by atoms with Crippen molar-refractivity contribution in [2.75, 3.05) is 13.7 Å². The SMILES string of the molecule is COC(=O)O.OC/C=C/c1ccccc1. The van der Waals surface area contributed by atoms with Crippen molar-refractivity contribution in [2.45, 2.75) is 0 Å². The summed E-state index contributed by atoms with van der Waals surface area (Å²) in [5, 5.41) is 15.9. The quantitative estimate of drug-likeness (QED) is 0.733. The molecule has 0 heterocycles. The van der Waals surface area contributed by atoms with Crippen molar-refractivity contribution in [1.29, 1.82) is 0 Å². The molecular formula is C11H14O4. The summed E-state index contributed by atoms with van der Waals surface area (Å²) in [5.74, 6) is 0. The Morgan fingerprint density at radius 2 is 1.93 bits per heavy atom. The molecule has 0 atom stereocenters. The van der Waals surface area contributed by atoms with E-state index < -0.39 is 6.16 Å². The summed E-state index contributed by atoms with van der Waals surface area (Å²) in [6, 6.07) is 9.89. The van der Waals surface area contributed by atoms with Crippen LogP contribution in [0, 0.1) is 0 Å². The van der Waals surface area contributed by atoms with Crippen molar-refractivity contribution in [3.63, 3.8) is 0 Å². The Morgan fingerprint density at radius 1 is 1.40 bits per heavy atom. The van der Waals surface area contributed by atoms with Crippen molar-refractivity contribution in [1.82, 2.24) is 0 Å². The van der Waals surface area contributed by atoms with Gasteiger partial charge in [0.1, 0.15) is 0 Å². The molecule has 0 aromatic heterocycles. The average molecular weight is 210 g/mol. The lowest BCUT2D eigenvalue weighted by atomic mass is 10.2. The van der Waals surface area contributed by atoms with Crippen LogP contribution in [-0.4, -0.2) is 30.1 Å². The number of hydrogen-bond donors (Lipinski definition) is 2. The van der Waals surface area contributed by atoms with E-state index in [1.54, 1.807) is 6.08 Å². The summed E-state index contributed by atoms with van der Waals surface area (Å²) in [5.41, 5.74) is 1.12. The highest BCUT2D eigenvalue weighted by molar-refractivity contribution is 5.56. The zero-order valence-electron chi connectivity index (χ0n) is 8.46. The average Bonchev–Trinajstić information content (AvgIpc) is 2.28. The number of carbonyl (C=O) groups is 1. The third-order valence-corrected chi connectivity index (χ3v) is 1.39. The fraction of sp³-hybridized carbons (Fsp3) is 0.182. The molecule has 4 nitrogen and oxygen atoms in total. The fourth-order valence-corrected chi connectivity index (χ4v) is 0.753. The maximum Gasteiger partial charge on any atom is 0.505 e. The van der Waals surface area contributed by atoms with Crippen LogP contribution in [0.4, 0.5) is 4.79 Å². The van der Waals surface area contributed by atoms with Crippen LogP contribution in [0.25, 0.3) is 6.08 Å². The molecule has 15 heavy (non-hydrogen) atoms. The van der Waals surface area contributed by atoms with E-state index >= 15 is 0 Å². The van der Waals surface area contributed by atoms with E-state index in [0.717, 1.165) is 12.7 Å². The second kappa shape index (κ2) is 8.77. The largest absolute Gasteiger partial charge is 0.505 e. The van der Waals surface area contributed by atoms with Gasteiger partial charge in [0.2, 0.25) is 0 Å². The molecule has 4 heteroatoms. The second-order valence-corrected chi connectivity index (χ2v) is 2.47. The molecule has 1 aromatic carbocycles. The topological polar surface area (TPSA) is 66.8 Å². The lowest BCUT2D eigenvalue weighted by Gasteiger charge is -1.88. The Hall–Kier alpha value is -1.81. The molecular weight excluding hydrogens is 196 g/mol. The lowest BCUT2D eigenvalue weighted by molar-refractivity contribution is 0.114. The van der Waals surface area contributed by atoms with E-state index in [1.165, 1.54) is 0 Å². The molecule has 0 radical (unpaired) electrons. The highest BCUT2D eigenvalue weighted by Gasteiger charge is 1.81. The van der Waals surface area contributed by atoms with Crippen molar-refractivity contribution < 1.29 is 19.7 Å². The van der Waals surface area contributed by atoms with Gasteiger partial charge in [0.15, 0.2) is 0 Å². The van der Waals surface area contributed by atoms with Gasteiger partial charge in [-0.25, -0.2) is 4.79 Å². The zero-order chi connectivity index (χ0) is 11.5. The van der Waals surface area contributed by atoms with E-state index in [1.807, 2.05) is 36.4 Å². The zero-order valence-corrected chi connectivity index (χ0v) is 8.46. The molecule has 0 aliphatic heterocycles. The number of aliphatic hydroxyl groups is 1. The van der Waals surface area contributed by atoms with Crippen LogP contribution >= 0.6 is 0 Å². The monoisotopic (exact) mass is 210 g/mol. The molecule has 0 aliphatic rings. The molecule has 0 saturated heterocycles. The summed E-state index contributed by atoms with van der Waals surface area (Å²) >= 11 is 0. The Bertz CT molecular complexity index is 293. The van der Waals surface area contributed by atoms with Gasteiger partial charge < -0.3 is 14.9 Å². The predicted molar refractivity (Wildman–Crippen MR) is 57.6 cm³/mol. The molecule has 0 fully saturated rings. The van der Waals surface area contributed by atoms with Gasteiger partial charge in [-0.15, -0.1) is 0 Å². The minimum Gasteiger partial charge on any atom is -0.450 e. The minimum atomic E-state index is -1.25. The number of ether oxygens (including phenoxy) is 1. The summed E-state index contributed by atoms with van der Waals surface area (Å²) < 4.78 is 3.67. The summed E-state index contributed by atoms with van der Waals surface area (Å²) in [6.45, 7) is 0.106. The highest BCUT2D eigenvalue weighted by atomic mass is 16.6. The van der Waals surface area contributed by atoms with Gasteiger partial charge in [0, 0.05) is 0 Å². The van der Waals surface area contributed by atoms with Gasteiger partial charge in [0.25, 0.3) is 0 Å². The Balaban J connectivity index is 0.000000336. The van der Waals surface area contributed by atoms with Crippen molar-refractivity contribution in [2.24, 2.45) is 0 Å². The van der Waals surface area contributed by atoms with Crippen molar-refractivity contribution >= 4 is 12.2 Å². The van der Waals surface area contributed by atoms with Crippen LogP contribution in [0.2, 0.25) is 0 Å². The normalized spacial score (nSPS) is 9.20. The molecule has 0 bridgehead atoms. The van der Waals surface area contributed by atoms with E-state index in [0.29, 0.717) is 0 Å². The smallest absolute Gasteiger partial charge is 0.450 e. The van der Waals surface area contributed by atoms with Gasteiger partial charge in [-0.1, -0.05) is 42.5 Å². The number of rotatable bonds is 2. The van der Waals surface area contributed by atoms with Crippen LogP contribution < -0.4 is 0 Å². The molecule has 0 aliphatic carbocycles. The van der Waals surface area contributed by atoms with Gasteiger partial charge >= 0.3 is 6.16 Å². The number of carboxylic acid groups (broad SMARTS) is 1. The summed E-state index contributed by atoms with van der Waals surface area (Å²) in [7, 11) is 1.10. The molecule has 0 saturated carbocycles. The minimum absolute atomic E-state index is 0.106. The molecule has 0 amide bonds. The van der Waals surface area contributed by atoms with E-state index in [2.05, 4.69) is 4.74 Å². The van der Waals surface area contributed by atoms with Gasteiger partial charge in [-0.05, 0) is 5.56 Å². The molecule has 1 rings (SSSR count). The summed E-state index contributed by atoms with van der Waals surface area (Å²) in [4.78, 5) is 9.15. The van der Waals surface area contributed by atoms with Crippen LogP contribution in [0.3, 0.4) is 0 Å². The third-order valence-electron chi connectivity index (χ3n) is 1.39. The van der Waals surface area contributed by atoms with Crippen LogP contribution in [0.15, 0.2) is 36.4 Å². The summed E-state index contributed by atoms with van der Waals surface area (Å²) in [6.07, 6.45) is 2.36. The lowest BCUT2D eigenvalue weighted by Crippen LogP contribution is -1.91.